The number of rotatable bonds is 5. The Hall–Kier alpha value is -2.03. The monoisotopic (exact) mass is 321 g/mol. The van der Waals surface area contributed by atoms with Crippen molar-refractivity contribution in [3.8, 4) is 5.88 Å². The highest BCUT2D eigenvalue weighted by molar-refractivity contribution is 6.29. The standard InChI is InChI=1S/C11H11ClF3N5O/c1-21-11-5(2-8(12)17-18-11)7(3-9(13)14)20-4-6(16)10(15)19-20/h2,4,7,9H,3,16H2,1H3. The zero-order valence-corrected chi connectivity index (χ0v) is 11.6. The third-order valence-corrected chi connectivity index (χ3v) is 2.93. The summed E-state index contributed by atoms with van der Waals surface area (Å²) in [5.41, 5.74) is 5.32. The summed E-state index contributed by atoms with van der Waals surface area (Å²) < 4.78 is 44.9. The van der Waals surface area contributed by atoms with E-state index in [1.165, 1.54) is 13.2 Å². The molecule has 0 bridgehead atoms. The molecule has 0 fully saturated rings. The van der Waals surface area contributed by atoms with Crippen molar-refractivity contribution in [2.24, 2.45) is 0 Å². The second-order valence-electron chi connectivity index (χ2n) is 4.13. The molecule has 0 radical (unpaired) electrons. The van der Waals surface area contributed by atoms with Gasteiger partial charge in [-0.2, -0.15) is 4.39 Å². The lowest BCUT2D eigenvalue weighted by Gasteiger charge is -2.19. The first-order chi connectivity index (χ1) is 9.92. The van der Waals surface area contributed by atoms with Crippen LogP contribution in [0.15, 0.2) is 12.3 Å². The fourth-order valence-corrected chi connectivity index (χ4v) is 2.01. The maximum absolute atomic E-state index is 13.3. The summed E-state index contributed by atoms with van der Waals surface area (Å²) in [6.07, 6.45) is -2.19. The van der Waals surface area contributed by atoms with E-state index in [9.17, 15) is 13.2 Å². The highest BCUT2D eigenvalue weighted by Gasteiger charge is 2.26. The summed E-state index contributed by atoms with van der Waals surface area (Å²) in [6, 6.07) is 0.274. The van der Waals surface area contributed by atoms with Gasteiger partial charge in [-0.3, -0.25) is 4.68 Å². The molecular formula is C11H11ClF3N5O. The van der Waals surface area contributed by atoms with Gasteiger partial charge >= 0.3 is 0 Å². The number of halogens is 4. The molecule has 0 aliphatic heterocycles. The van der Waals surface area contributed by atoms with E-state index in [1.807, 2.05) is 0 Å². The van der Waals surface area contributed by atoms with Crippen LogP contribution in [0.2, 0.25) is 5.15 Å². The number of aromatic nitrogens is 4. The van der Waals surface area contributed by atoms with Gasteiger partial charge in [-0.1, -0.05) is 11.6 Å². The Labute approximate surface area is 122 Å². The average Bonchev–Trinajstić information content (AvgIpc) is 2.75. The van der Waals surface area contributed by atoms with Crippen molar-refractivity contribution in [2.45, 2.75) is 18.9 Å². The minimum atomic E-state index is -2.67. The summed E-state index contributed by atoms with van der Waals surface area (Å²) in [4.78, 5) is 0. The summed E-state index contributed by atoms with van der Waals surface area (Å²) in [7, 11) is 1.30. The molecule has 0 spiro atoms. The highest BCUT2D eigenvalue weighted by atomic mass is 35.5. The zero-order valence-electron chi connectivity index (χ0n) is 10.8. The molecule has 2 aromatic rings. The lowest BCUT2D eigenvalue weighted by atomic mass is 10.1. The molecule has 114 valence electrons. The van der Waals surface area contributed by atoms with Crippen LogP contribution < -0.4 is 10.5 Å². The second-order valence-corrected chi connectivity index (χ2v) is 4.52. The van der Waals surface area contributed by atoms with E-state index in [2.05, 4.69) is 15.3 Å². The quantitative estimate of drug-likeness (QED) is 0.914. The summed E-state index contributed by atoms with van der Waals surface area (Å²) in [5.74, 6) is -0.944. The van der Waals surface area contributed by atoms with Crippen LogP contribution in [0.25, 0.3) is 0 Å². The number of methoxy groups -OCH3 is 1. The van der Waals surface area contributed by atoms with Crippen LogP contribution in [0, 0.1) is 5.95 Å². The van der Waals surface area contributed by atoms with Crippen LogP contribution in [0.5, 0.6) is 5.88 Å². The molecular weight excluding hydrogens is 311 g/mol. The Kier molecular flexibility index (Phi) is 4.51. The lowest BCUT2D eigenvalue weighted by molar-refractivity contribution is 0.120. The van der Waals surface area contributed by atoms with Crippen LogP contribution in [-0.4, -0.2) is 33.5 Å². The van der Waals surface area contributed by atoms with E-state index < -0.39 is 24.8 Å². The third kappa shape index (κ3) is 3.35. The fraction of sp³-hybridized carbons (Fsp3) is 0.364. The van der Waals surface area contributed by atoms with Gasteiger partial charge in [0.05, 0.1) is 19.3 Å². The molecule has 2 N–H and O–H groups in total. The largest absolute Gasteiger partial charge is 0.480 e. The van der Waals surface area contributed by atoms with Gasteiger partial charge in [0.1, 0.15) is 5.69 Å². The number of nitrogen functional groups attached to an aromatic ring is 1. The van der Waals surface area contributed by atoms with E-state index in [1.54, 1.807) is 0 Å². The molecule has 0 aliphatic rings. The number of ether oxygens (including phenoxy) is 1. The Morgan fingerprint density at radius 2 is 2.14 bits per heavy atom. The first kappa shape index (κ1) is 15.4. The predicted molar refractivity (Wildman–Crippen MR) is 69.0 cm³/mol. The predicted octanol–water partition coefficient (Wildman–Crippen LogP) is 2.30. The van der Waals surface area contributed by atoms with E-state index >= 15 is 0 Å². The third-order valence-electron chi connectivity index (χ3n) is 2.74. The summed E-state index contributed by atoms with van der Waals surface area (Å²) in [5, 5.41) is 10.7. The van der Waals surface area contributed by atoms with Crippen LogP contribution >= 0.6 is 11.6 Å². The normalized spacial score (nSPS) is 12.7. The van der Waals surface area contributed by atoms with Crippen molar-refractivity contribution in [3.05, 3.63) is 28.9 Å². The Morgan fingerprint density at radius 1 is 1.43 bits per heavy atom. The van der Waals surface area contributed by atoms with Gasteiger partial charge in [0.2, 0.25) is 12.3 Å². The Morgan fingerprint density at radius 3 is 2.67 bits per heavy atom. The van der Waals surface area contributed by atoms with Crippen LogP contribution in [0.1, 0.15) is 18.0 Å². The molecule has 1 atom stereocenters. The number of alkyl halides is 2. The topological polar surface area (TPSA) is 78.9 Å². The average molecular weight is 322 g/mol. The molecule has 0 saturated heterocycles. The smallest absolute Gasteiger partial charge is 0.255 e. The van der Waals surface area contributed by atoms with Crippen molar-refractivity contribution in [1.29, 1.82) is 0 Å². The zero-order chi connectivity index (χ0) is 15.6. The molecule has 2 rings (SSSR count). The van der Waals surface area contributed by atoms with Gasteiger partial charge in [-0.05, 0) is 6.07 Å². The second kappa shape index (κ2) is 6.17. The van der Waals surface area contributed by atoms with Gasteiger partial charge in [0.15, 0.2) is 5.15 Å². The minimum absolute atomic E-state index is 0.000436. The molecule has 2 heterocycles. The molecule has 0 amide bonds. The van der Waals surface area contributed by atoms with Gasteiger partial charge in [-0.15, -0.1) is 15.3 Å². The van der Waals surface area contributed by atoms with Crippen LogP contribution in [-0.2, 0) is 0 Å². The van der Waals surface area contributed by atoms with Crippen LogP contribution in [0.3, 0.4) is 0 Å². The molecule has 21 heavy (non-hydrogen) atoms. The molecule has 0 saturated carbocycles. The van der Waals surface area contributed by atoms with Gasteiger partial charge in [-0.25, -0.2) is 8.78 Å². The van der Waals surface area contributed by atoms with Crippen molar-refractivity contribution in [1.82, 2.24) is 20.0 Å². The van der Waals surface area contributed by atoms with Gasteiger partial charge in [0, 0.05) is 12.0 Å². The van der Waals surface area contributed by atoms with Crippen LogP contribution in [0.4, 0.5) is 18.9 Å². The Bertz CT molecular complexity index is 617. The lowest BCUT2D eigenvalue weighted by Crippen LogP contribution is -2.17. The molecule has 0 aliphatic carbocycles. The van der Waals surface area contributed by atoms with E-state index in [0.717, 1.165) is 10.9 Å². The first-order valence-electron chi connectivity index (χ1n) is 5.77. The van der Waals surface area contributed by atoms with E-state index in [-0.39, 0.29) is 22.3 Å². The minimum Gasteiger partial charge on any atom is -0.480 e. The molecule has 10 heteroatoms. The number of hydrogen-bond donors (Lipinski definition) is 1. The van der Waals surface area contributed by atoms with Crippen molar-refractivity contribution < 1.29 is 17.9 Å². The summed E-state index contributed by atoms with van der Waals surface area (Å²) in [6.45, 7) is 0. The number of nitrogens with zero attached hydrogens (tertiary/aromatic N) is 4. The number of nitrogens with two attached hydrogens (primary N) is 1. The Balaban J connectivity index is 2.52. The fourth-order valence-electron chi connectivity index (χ4n) is 1.86. The molecule has 6 nitrogen and oxygen atoms in total. The highest BCUT2D eigenvalue weighted by Crippen LogP contribution is 2.32. The maximum atomic E-state index is 13.3. The first-order valence-corrected chi connectivity index (χ1v) is 6.15. The SMILES string of the molecule is COc1nnc(Cl)cc1C(CC(F)F)n1cc(N)c(F)n1. The van der Waals surface area contributed by atoms with E-state index in [4.69, 9.17) is 22.1 Å². The summed E-state index contributed by atoms with van der Waals surface area (Å²) >= 11 is 5.73. The molecule has 0 aromatic carbocycles. The van der Waals surface area contributed by atoms with Crippen molar-refractivity contribution in [2.75, 3.05) is 12.8 Å². The van der Waals surface area contributed by atoms with Crippen molar-refractivity contribution >= 4 is 17.3 Å². The van der Waals surface area contributed by atoms with Gasteiger partial charge < -0.3 is 10.5 Å². The maximum Gasteiger partial charge on any atom is 0.255 e. The van der Waals surface area contributed by atoms with E-state index in [0.29, 0.717) is 0 Å². The van der Waals surface area contributed by atoms with Crippen molar-refractivity contribution in [3.63, 3.8) is 0 Å². The molecule has 1 unspecified atom stereocenters. The number of anilines is 1. The number of hydrogen-bond acceptors (Lipinski definition) is 5. The van der Waals surface area contributed by atoms with Gasteiger partial charge in [0.25, 0.3) is 5.95 Å². The molecule has 2 aromatic heterocycles.